The Kier molecular flexibility index (Phi) is 7.67. The van der Waals surface area contributed by atoms with Gasteiger partial charge < -0.3 is 30.1 Å². The van der Waals surface area contributed by atoms with Gasteiger partial charge in [0.05, 0.1) is 6.10 Å². The van der Waals surface area contributed by atoms with Crippen LogP contribution in [0.15, 0.2) is 24.3 Å². The lowest BCUT2D eigenvalue weighted by atomic mass is 9.90. The molecule has 0 radical (unpaired) electrons. The molecule has 0 aromatic heterocycles. The van der Waals surface area contributed by atoms with Gasteiger partial charge in [0.2, 0.25) is 5.91 Å². The molecule has 0 bridgehead atoms. The molecule has 12 heteroatoms. The van der Waals surface area contributed by atoms with Crippen molar-refractivity contribution in [1.82, 2.24) is 14.7 Å². The molecule has 1 spiro atoms. The van der Waals surface area contributed by atoms with Gasteiger partial charge in [-0.25, -0.2) is 4.79 Å². The van der Waals surface area contributed by atoms with E-state index in [1.165, 1.54) is 17.0 Å². The summed E-state index contributed by atoms with van der Waals surface area (Å²) in [7, 11) is 0. The van der Waals surface area contributed by atoms with E-state index >= 15 is 0 Å². The summed E-state index contributed by atoms with van der Waals surface area (Å²) in [6.07, 6.45) is -1.86. The zero-order valence-electron chi connectivity index (χ0n) is 20.2. The summed E-state index contributed by atoms with van der Waals surface area (Å²) in [6.45, 7) is 3.85. The zero-order valence-corrected chi connectivity index (χ0v) is 20.2. The van der Waals surface area contributed by atoms with Crippen LogP contribution in [0.5, 0.6) is 5.75 Å². The number of benzene rings is 1. The largest absolute Gasteiger partial charge is 0.573 e. The predicted molar refractivity (Wildman–Crippen MR) is 124 cm³/mol. The second-order valence-electron chi connectivity index (χ2n) is 9.95. The normalized spacial score (nSPS) is 25.1. The number of urea groups is 1. The first-order valence-electron chi connectivity index (χ1n) is 12.3. The standard InChI is InChI=1S/C24H33F3N4O5/c1-16-21(34)29(10-3-6-20(33)30-11-9-23(7-8-23)19(32)15-30)12-13-31(16)22(35)28-17-4-2-5-18(14-17)36-24(25,26)27/h2,4-5,14,16,19-20,32-33H,3,6-13,15H2,1H3,(H,28,35)/t16-,19+,20?/m0/s1. The van der Waals surface area contributed by atoms with Crippen LogP contribution < -0.4 is 10.1 Å². The van der Waals surface area contributed by atoms with Gasteiger partial charge in [0.1, 0.15) is 18.0 Å². The Balaban J connectivity index is 1.22. The molecule has 3 atom stereocenters. The van der Waals surface area contributed by atoms with E-state index in [4.69, 9.17) is 0 Å². The molecule has 3 amide bonds. The number of likely N-dealkylation sites (tertiary alicyclic amines) is 1. The van der Waals surface area contributed by atoms with Crippen LogP contribution in [0, 0.1) is 5.41 Å². The Morgan fingerprint density at radius 1 is 1.25 bits per heavy atom. The number of carbonyl (C=O) groups is 2. The van der Waals surface area contributed by atoms with E-state index < -0.39 is 36.5 Å². The highest BCUT2D eigenvalue weighted by molar-refractivity contribution is 5.94. The molecule has 3 aliphatic rings. The van der Waals surface area contributed by atoms with Gasteiger partial charge >= 0.3 is 12.4 Å². The number of nitrogens with one attached hydrogen (secondary N) is 1. The van der Waals surface area contributed by atoms with Crippen LogP contribution in [0.4, 0.5) is 23.7 Å². The highest BCUT2D eigenvalue weighted by Gasteiger charge is 2.51. The number of ether oxygens (including phenoxy) is 1. The average Bonchev–Trinajstić information content (AvgIpc) is 3.58. The quantitative estimate of drug-likeness (QED) is 0.517. The van der Waals surface area contributed by atoms with Gasteiger partial charge in [-0.2, -0.15) is 0 Å². The second kappa shape index (κ2) is 10.4. The maximum Gasteiger partial charge on any atom is 0.573 e. The van der Waals surface area contributed by atoms with Crippen molar-refractivity contribution in [2.24, 2.45) is 5.41 Å². The lowest BCUT2D eigenvalue weighted by Crippen LogP contribution is -2.58. The molecular weight excluding hydrogens is 481 g/mol. The number of carbonyl (C=O) groups excluding carboxylic acids is 2. The number of aliphatic hydroxyl groups is 2. The maximum absolute atomic E-state index is 12.9. The summed E-state index contributed by atoms with van der Waals surface area (Å²) in [5, 5.41) is 23.4. The van der Waals surface area contributed by atoms with Crippen LogP contribution in [-0.2, 0) is 4.79 Å². The monoisotopic (exact) mass is 514 g/mol. The highest BCUT2D eigenvalue weighted by Crippen LogP contribution is 2.53. The smallest absolute Gasteiger partial charge is 0.406 e. The molecule has 1 aromatic rings. The van der Waals surface area contributed by atoms with Crippen LogP contribution >= 0.6 is 0 Å². The van der Waals surface area contributed by atoms with E-state index in [9.17, 15) is 33.0 Å². The predicted octanol–water partition coefficient (Wildman–Crippen LogP) is 2.60. The van der Waals surface area contributed by atoms with E-state index in [1.807, 2.05) is 4.90 Å². The number of amides is 3. The van der Waals surface area contributed by atoms with E-state index in [0.29, 0.717) is 32.5 Å². The number of anilines is 1. The van der Waals surface area contributed by atoms with E-state index in [2.05, 4.69) is 10.1 Å². The molecule has 1 unspecified atom stereocenters. The minimum Gasteiger partial charge on any atom is -0.406 e. The molecule has 3 fully saturated rings. The van der Waals surface area contributed by atoms with Crippen molar-refractivity contribution >= 4 is 17.6 Å². The Morgan fingerprint density at radius 2 is 2.00 bits per heavy atom. The molecule has 1 aliphatic carbocycles. The maximum atomic E-state index is 12.9. The van der Waals surface area contributed by atoms with Gasteiger partial charge in [-0.1, -0.05) is 6.07 Å². The van der Waals surface area contributed by atoms with Crippen LogP contribution in [0.3, 0.4) is 0 Å². The molecule has 4 rings (SSSR count). The zero-order chi connectivity index (χ0) is 26.1. The summed E-state index contributed by atoms with van der Waals surface area (Å²) < 4.78 is 41.2. The van der Waals surface area contributed by atoms with Crippen LogP contribution in [0.2, 0.25) is 0 Å². The number of aliphatic hydroxyl groups excluding tert-OH is 2. The molecule has 2 heterocycles. The van der Waals surface area contributed by atoms with E-state index in [-0.39, 0.29) is 23.6 Å². The molecule has 3 N–H and O–H groups in total. The van der Waals surface area contributed by atoms with Crippen molar-refractivity contribution in [2.75, 3.05) is 38.0 Å². The molecule has 200 valence electrons. The summed E-state index contributed by atoms with van der Waals surface area (Å²) in [6, 6.07) is 3.61. The first-order chi connectivity index (χ1) is 17.0. The van der Waals surface area contributed by atoms with Crippen molar-refractivity contribution in [3.8, 4) is 5.75 Å². The Hall–Kier alpha value is -2.57. The molecule has 9 nitrogen and oxygen atoms in total. The molecule has 1 aromatic carbocycles. The van der Waals surface area contributed by atoms with E-state index in [1.54, 1.807) is 11.8 Å². The number of piperidine rings is 1. The third kappa shape index (κ3) is 6.22. The third-order valence-corrected chi connectivity index (χ3v) is 7.54. The van der Waals surface area contributed by atoms with Gasteiger partial charge in [0.15, 0.2) is 0 Å². The average molecular weight is 515 g/mol. The summed E-state index contributed by atoms with van der Waals surface area (Å²) in [5.74, 6) is -0.688. The minimum atomic E-state index is -4.84. The molecule has 1 saturated carbocycles. The number of alkyl halides is 3. The lowest BCUT2D eigenvalue weighted by molar-refractivity contribution is -0.274. The lowest BCUT2D eigenvalue weighted by Gasteiger charge is -2.40. The number of rotatable bonds is 7. The molecule has 36 heavy (non-hydrogen) atoms. The number of hydrogen-bond donors (Lipinski definition) is 3. The van der Waals surface area contributed by atoms with Gasteiger partial charge in [-0.05, 0) is 56.6 Å². The fourth-order valence-corrected chi connectivity index (χ4v) is 5.10. The summed E-state index contributed by atoms with van der Waals surface area (Å²) in [5.41, 5.74) is 0.193. The SMILES string of the molecule is C[C@H]1C(=O)N(CCCC(O)N2CCC3(CC3)[C@H](O)C2)CCN1C(=O)Nc1cccc(OC(F)(F)F)c1. The Morgan fingerprint density at radius 3 is 2.67 bits per heavy atom. The van der Waals surface area contributed by atoms with Crippen LogP contribution in [0.1, 0.15) is 39.0 Å². The fourth-order valence-electron chi connectivity index (χ4n) is 5.10. The Bertz CT molecular complexity index is 958. The minimum absolute atomic E-state index is 0.0738. The number of piperazine rings is 1. The number of halogens is 3. The van der Waals surface area contributed by atoms with Crippen molar-refractivity contribution < 1.29 is 37.7 Å². The molecule has 2 aliphatic heterocycles. The van der Waals surface area contributed by atoms with Crippen molar-refractivity contribution in [3.63, 3.8) is 0 Å². The number of hydrogen-bond acceptors (Lipinski definition) is 6. The number of nitrogens with zero attached hydrogens (tertiary/aromatic N) is 3. The Labute approximate surface area is 207 Å². The molecular formula is C24H33F3N4O5. The van der Waals surface area contributed by atoms with Gasteiger partial charge in [-0.15, -0.1) is 13.2 Å². The van der Waals surface area contributed by atoms with E-state index in [0.717, 1.165) is 37.9 Å². The summed E-state index contributed by atoms with van der Waals surface area (Å²) in [4.78, 5) is 30.5. The highest BCUT2D eigenvalue weighted by atomic mass is 19.4. The van der Waals surface area contributed by atoms with Gasteiger partial charge in [-0.3, -0.25) is 9.69 Å². The topological polar surface area (TPSA) is 106 Å². The summed E-state index contributed by atoms with van der Waals surface area (Å²) >= 11 is 0. The van der Waals surface area contributed by atoms with Crippen molar-refractivity contribution in [1.29, 1.82) is 0 Å². The fraction of sp³-hybridized carbons (Fsp3) is 0.667. The molecule has 2 saturated heterocycles. The van der Waals surface area contributed by atoms with Crippen LogP contribution in [-0.4, -0.2) is 94.3 Å². The van der Waals surface area contributed by atoms with Crippen molar-refractivity contribution in [3.05, 3.63) is 24.3 Å². The first-order valence-corrected chi connectivity index (χ1v) is 12.3. The number of β-amino-alcohol motifs (C(OH)–C–C–N with tert-alkyl or cyclic N) is 1. The second-order valence-corrected chi connectivity index (χ2v) is 9.95. The third-order valence-electron chi connectivity index (χ3n) is 7.54. The van der Waals surface area contributed by atoms with Crippen molar-refractivity contribution in [2.45, 2.75) is 63.8 Å². The first kappa shape index (κ1) is 26.5. The van der Waals surface area contributed by atoms with Crippen LogP contribution in [0.25, 0.3) is 0 Å². The van der Waals surface area contributed by atoms with Gasteiger partial charge in [0, 0.05) is 44.5 Å². The van der Waals surface area contributed by atoms with Gasteiger partial charge in [0.25, 0.3) is 0 Å².